The smallest absolute Gasteiger partial charge is 0.485 e. The molecule has 0 aromatic heterocycles. The Labute approximate surface area is 253 Å². The molecule has 0 N–H and O–H groups in total. The number of alkyl halides is 3. The number of benzene rings is 4. The van der Waals surface area contributed by atoms with Crippen molar-refractivity contribution in [1.82, 2.24) is 0 Å². The molecule has 0 aliphatic rings. The molecule has 3 nitrogen and oxygen atoms in total. The average Bonchev–Trinajstić information content (AvgIpc) is 2.90. The molecule has 0 saturated carbocycles. The Morgan fingerprint density at radius 3 is 0.902 bits per heavy atom. The Morgan fingerprint density at radius 1 is 0.512 bits per heavy atom. The summed E-state index contributed by atoms with van der Waals surface area (Å²) in [6.07, 6.45) is 0. The monoisotopic (exact) mass is 698 g/mol. The van der Waals surface area contributed by atoms with Gasteiger partial charge in [0, 0.05) is 0 Å². The first-order chi connectivity index (χ1) is 18.9. The van der Waals surface area contributed by atoms with E-state index in [2.05, 4.69) is 163 Å². The number of hydrogen-bond donors (Lipinski definition) is 0. The summed E-state index contributed by atoms with van der Waals surface area (Å²) < 4.78 is 61.9. The lowest BCUT2D eigenvalue weighted by Crippen LogP contribution is -3.61. The summed E-state index contributed by atoms with van der Waals surface area (Å²) in [5.41, 5.74) is -2.26. The first kappa shape index (κ1) is 36.3. The fraction of sp³-hybridized carbons (Fsp3) is 0.273. The van der Waals surface area contributed by atoms with Gasteiger partial charge in [-0.25, -0.2) is 8.42 Å². The van der Waals surface area contributed by atoms with Crippen LogP contribution in [0, 0.1) is 7.14 Å². The lowest BCUT2D eigenvalue weighted by atomic mass is 9.87. The predicted molar refractivity (Wildman–Crippen MR) is 156 cm³/mol. The first-order valence-electron chi connectivity index (χ1n) is 12.8. The maximum absolute atomic E-state index is 10.7. The molecule has 0 amide bonds. The first-order valence-corrected chi connectivity index (χ1v) is 16.4. The molecule has 0 heterocycles. The van der Waals surface area contributed by atoms with E-state index in [-0.39, 0.29) is 21.2 Å². The summed E-state index contributed by atoms with van der Waals surface area (Å²) in [5.74, 6) is 0. The molecule has 4 aromatic rings. The van der Waals surface area contributed by atoms with Crippen LogP contribution in [0.5, 0.6) is 0 Å². The van der Waals surface area contributed by atoms with Gasteiger partial charge in [-0.15, -0.1) is 0 Å². The predicted octanol–water partition coefficient (Wildman–Crippen LogP) is 5.83. The van der Waals surface area contributed by atoms with E-state index >= 15 is 0 Å². The molecule has 0 spiro atoms. The van der Waals surface area contributed by atoms with Gasteiger partial charge in [-0.3, -0.25) is 0 Å². The molecule has 4 aromatic carbocycles. The van der Waals surface area contributed by atoms with E-state index < -0.39 is 15.6 Å². The van der Waals surface area contributed by atoms with Crippen LogP contribution in [-0.4, -0.2) is 18.5 Å². The lowest BCUT2D eigenvalue weighted by molar-refractivity contribution is -0.597. The number of hydrogen-bond acceptors (Lipinski definition) is 3. The summed E-state index contributed by atoms with van der Waals surface area (Å²) in [7, 11) is -6.09. The van der Waals surface area contributed by atoms with E-state index in [1.165, 1.54) is 18.3 Å². The standard InChI is InChI=1S/C12H10I.2C10H14.CHF3O3S/c1-3-7-11(8-4-1)13-12-9-5-2-6-10-12;2*1-10(2,3)9-7-5-4-6-8-9;2-1(3,4)8(5,6)7/h1-10H;2*4-8H,1-3H3;(H,5,6,7)/q+1;;;/p-1. The van der Waals surface area contributed by atoms with Crippen molar-refractivity contribution in [3.8, 4) is 0 Å². The second-order valence-corrected chi connectivity index (χ2v) is 15.2. The van der Waals surface area contributed by atoms with E-state index in [9.17, 15) is 13.2 Å². The fourth-order valence-electron chi connectivity index (χ4n) is 2.96. The topological polar surface area (TPSA) is 57.2 Å². The second kappa shape index (κ2) is 16.7. The Hall–Kier alpha value is -2.69. The van der Waals surface area contributed by atoms with Gasteiger partial charge in [0.25, 0.3) is 0 Å². The molecule has 41 heavy (non-hydrogen) atoms. The Kier molecular flexibility index (Phi) is 14.8. The summed E-state index contributed by atoms with van der Waals surface area (Å²) >= 11 is 0.0287. The average molecular weight is 699 g/mol. The van der Waals surface area contributed by atoms with E-state index in [1.807, 2.05) is 0 Å². The molecule has 4 rings (SSSR count). The van der Waals surface area contributed by atoms with E-state index in [0.29, 0.717) is 10.8 Å². The van der Waals surface area contributed by atoms with Gasteiger partial charge in [-0.2, -0.15) is 13.2 Å². The molecule has 8 heteroatoms. The highest BCUT2D eigenvalue weighted by atomic mass is 127. The van der Waals surface area contributed by atoms with Crippen LogP contribution in [0.25, 0.3) is 0 Å². The largest absolute Gasteiger partial charge is 0.741 e. The minimum atomic E-state index is -6.09. The van der Waals surface area contributed by atoms with Crippen LogP contribution in [0.3, 0.4) is 0 Å². The van der Waals surface area contributed by atoms with Crippen molar-refractivity contribution in [3.63, 3.8) is 0 Å². The summed E-state index contributed by atoms with van der Waals surface area (Å²) in [5, 5.41) is 0. The summed E-state index contributed by atoms with van der Waals surface area (Å²) in [6, 6.07) is 42.5. The molecule has 222 valence electrons. The minimum Gasteiger partial charge on any atom is -0.741 e. The third-order valence-electron chi connectivity index (χ3n) is 5.25. The van der Waals surface area contributed by atoms with Crippen LogP contribution in [0.4, 0.5) is 13.2 Å². The van der Waals surface area contributed by atoms with Gasteiger partial charge >= 0.3 is 26.7 Å². The van der Waals surface area contributed by atoms with Crippen LogP contribution >= 0.6 is 0 Å². The molecule has 0 atom stereocenters. The quantitative estimate of drug-likeness (QED) is 0.150. The van der Waals surface area contributed by atoms with Gasteiger partial charge in [0.1, 0.15) is 0 Å². The minimum absolute atomic E-state index is 0.0287. The Morgan fingerprint density at radius 2 is 0.732 bits per heavy atom. The van der Waals surface area contributed by atoms with E-state index in [0.717, 1.165) is 0 Å². The van der Waals surface area contributed by atoms with Gasteiger partial charge in [0.05, 0.1) is 0 Å². The highest BCUT2D eigenvalue weighted by Gasteiger charge is 2.36. The Balaban J connectivity index is 0.000000278. The fourth-order valence-corrected chi connectivity index (χ4v) is 5.23. The highest BCUT2D eigenvalue weighted by molar-refractivity contribution is 7.86. The van der Waals surface area contributed by atoms with Crippen LogP contribution in [0.1, 0.15) is 52.7 Å². The van der Waals surface area contributed by atoms with Crippen molar-refractivity contribution in [1.29, 1.82) is 0 Å². The third-order valence-corrected chi connectivity index (χ3v) is 8.50. The third kappa shape index (κ3) is 15.8. The van der Waals surface area contributed by atoms with Crippen molar-refractivity contribution in [3.05, 3.63) is 140 Å². The van der Waals surface area contributed by atoms with Gasteiger partial charge < -0.3 is 4.55 Å². The molecular formula is C33H38F3IO3S. The highest BCUT2D eigenvalue weighted by Crippen LogP contribution is 2.22. The zero-order valence-corrected chi connectivity index (χ0v) is 27.2. The van der Waals surface area contributed by atoms with Crippen LogP contribution in [0.2, 0.25) is 0 Å². The zero-order valence-electron chi connectivity index (χ0n) is 24.2. The summed E-state index contributed by atoms with van der Waals surface area (Å²) in [6.45, 7) is 13.3. The van der Waals surface area contributed by atoms with Crippen LogP contribution < -0.4 is 21.2 Å². The van der Waals surface area contributed by atoms with Crippen molar-refractivity contribution < 1.29 is 47.3 Å². The van der Waals surface area contributed by atoms with Crippen LogP contribution in [0.15, 0.2) is 121 Å². The number of halogens is 4. The second-order valence-electron chi connectivity index (χ2n) is 10.8. The SMILES string of the molecule is CC(C)(C)c1ccccc1.CC(C)(C)c1ccccc1.O=S(=O)([O-])C(F)(F)F.c1ccc([I+]c2ccccc2)cc1. The molecule has 0 aliphatic carbocycles. The van der Waals surface area contributed by atoms with Gasteiger partial charge in [0.2, 0.25) is 0 Å². The van der Waals surface area contributed by atoms with Crippen molar-refractivity contribution in [2.45, 2.75) is 57.9 Å². The normalized spacial score (nSPS) is 11.5. The van der Waals surface area contributed by atoms with Gasteiger partial charge in [-0.1, -0.05) is 139 Å². The van der Waals surface area contributed by atoms with Crippen LogP contribution in [-0.2, 0) is 20.9 Å². The number of rotatable bonds is 2. The lowest BCUT2D eigenvalue weighted by Gasteiger charge is -2.18. The van der Waals surface area contributed by atoms with Gasteiger partial charge in [0.15, 0.2) is 17.3 Å². The maximum atomic E-state index is 10.7. The van der Waals surface area contributed by atoms with Crippen molar-refractivity contribution in [2.75, 3.05) is 0 Å². The molecule has 0 saturated heterocycles. The summed E-state index contributed by atoms with van der Waals surface area (Å²) in [4.78, 5) is 0. The molecule has 0 unspecified atom stereocenters. The van der Waals surface area contributed by atoms with Gasteiger partial charge in [-0.05, 0) is 46.2 Å². The molecule has 0 radical (unpaired) electrons. The molecular weight excluding hydrogens is 660 g/mol. The maximum Gasteiger partial charge on any atom is 0.485 e. The zero-order chi connectivity index (χ0) is 31.2. The van der Waals surface area contributed by atoms with Crippen molar-refractivity contribution in [2.24, 2.45) is 0 Å². The molecule has 0 fully saturated rings. The molecule has 0 bridgehead atoms. The van der Waals surface area contributed by atoms with E-state index in [4.69, 9.17) is 13.0 Å². The Bertz CT molecular complexity index is 1260. The molecule has 0 aliphatic heterocycles. The van der Waals surface area contributed by atoms with Crippen molar-refractivity contribution >= 4 is 10.1 Å². The van der Waals surface area contributed by atoms with E-state index in [1.54, 1.807) is 0 Å².